The molecule has 1 aliphatic rings. The fourth-order valence-electron chi connectivity index (χ4n) is 5.48. The van der Waals surface area contributed by atoms with E-state index in [1.54, 1.807) is 0 Å². The van der Waals surface area contributed by atoms with Crippen molar-refractivity contribution in [1.82, 2.24) is 19.8 Å². The van der Waals surface area contributed by atoms with Gasteiger partial charge in [0.2, 0.25) is 0 Å². The van der Waals surface area contributed by atoms with Gasteiger partial charge in [-0.2, -0.15) is 13.2 Å². The number of nitrogens with one attached hydrogen (secondary N) is 2. The number of H-pyrrole nitrogens is 2. The molecule has 0 unspecified atom stereocenters. The molecule has 0 amide bonds. The smallest absolute Gasteiger partial charge is 0.361 e. The molecule has 2 aromatic carbocycles. The van der Waals surface area contributed by atoms with Gasteiger partial charge < -0.3 is 9.97 Å². The van der Waals surface area contributed by atoms with Crippen molar-refractivity contribution in [2.24, 2.45) is 0 Å². The number of hydrogen-bond acceptors (Lipinski definition) is 2. The molecule has 3 heterocycles. The highest BCUT2D eigenvalue weighted by Crippen LogP contribution is 2.23. The van der Waals surface area contributed by atoms with Crippen molar-refractivity contribution in [2.45, 2.75) is 39.9 Å². The van der Waals surface area contributed by atoms with E-state index in [-0.39, 0.29) is 0 Å². The normalized spacial score (nSPS) is 17.1. The number of halogens is 3. The fraction of sp³-hybridized carbons (Fsp3) is 0.333. The molecule has 1 fully saturated rings. The molecule has 0 aliphatic carbocycles. The maximum Gasteiger partial charge on any atom is 0.401 e. The number of aromatic nitrogens is 2. The largest absolute Gasteiger partial charge is 0.401 e. The van der Waals surface area contributed by atoms with Gasteiger partial charge in [-0.05, 0) is 77.8 Å². The van der Waals surface area contributed by atoms with E-state index in [0.717, 1.165) is 35.0 Å². The molecule has 2 N–H and O–H groups in total. The number of hydrogen-bond donors (Lipinski definition) is 2. The summed E-state index contributed by atoms with van der Waals surface area (Å²) in [6.45, 7) is 8.52. The maximum atomic E-state index is 12.7. The molecular formula is C33H37F3N4. The van der Waals surface area contributed by atoms with E-state index in [0.29, 0.717) is 26.2 Å². The van der Waals surface area contributed by atoms with E-state index in [1.165, 1.54) is 37.8 Å². The molecule has 1 saturated heterocycles. The van der Waals surface area contributed by atoms with Crippen LogP contribution in [0.25, 0.3) is 39.3 Å². The number of fused-ring (bicyclic) bond motifs is 1. The number of aromatic amines is 2. The Balaban J connectivity index is 1.38. The summed E-state index contributed by atoms with van der Waals surface area (Å²) in [7, 11) is 0. The summed E-state index contributed by atoms with van der Waals surface area (Å²) >= 11 is 0. The zero-order valence-electron chi connectivity index (χ0n) is 23.4. The molecule has 0 atom stereocenters. The average molecular weight is 547 g/mol. The van der Waals surface area contributed by atoms with E-state index in [4.69, 9.17) is 0 Å². The molecular weight excluding hydrogens is 509 g/mol. The van der Waals surface area contributed by atoms with E-state index in [1.807, 2.05) is 6.20 Å². The highest BCUT2D eigenvalue weighted by molar-refractivity contribution is 5.91. The van der Waals surface area contributed by atoms with Crippen LogP contribution in [0.1, 0.15) is 38.3 Å². The fourth-order valence-corrected chi connectivity index (χ4v) is 5.48. The van der Waals surface area contributed by atoms with Crippen LogP contribution < -0.4 is 10.6 Å². The molecule has 7 heteroatoms. The van der Waals surface area contributed by atoms with Crippen LogP contribution in [0, 0.1) is 0 Å². The van der Waals surface area contributed by atoms with Gasteiger partial charge in [-0.1, -0.05) is 43.3 Å². The Morgan fingerprint density at radius 3 is 2.35 bits per heavy atom. The van der Waals surface area contributed by atoms with Crippen molar-refractivity contribution in [3.8, 4) is 11.1 Å². The molecule has 0 saturated carbocycles. The third kappa shape index (κ3) is 6.43. The van der Waals surface area contributed by atoms with Gasteiger partial charge in [0.05, 0.1) is 6.54 Å². The van der Waals surface area contributed by atoms with Crippen LogP contribution in [-0.2, 0) is 6.54 Å². The second-order valence-electron chi connectivity index (χ2n) is 10.7. The molecule has 0 radical (unpaired) electrons. The maximum absolute atomic E-state index is 12.7. The zero-order valence-corrected chi connectivity index (χ0v) is 23.4. The van der Waals surface area contributed by atoms with Gasteiger partial charge >= 0.3 is 6.18 Å². The summed E-state index contributed by atoms with van der Waals surface area (Å²) < 4.78 is 38.1. The molecule has 0 bridgehead atoms. The summed E-state index contributed by atoms with van der Waals surface area (Å²) in [6.07, 6.45) is 5.32. The lowest BCUT2D eigenvalue weighted by atomic mass is 9.99. The Morgan fingerprint density at radius 1 is 0.950 bits per heavy atom. The van der Waals surface area contributed by atoms with E-state index >= 15 is 0 Å². The number of rotatable bonds is 7. The SMILES string of the molecule is C\C=C(/C=c1/c(-c2ccc3[nH]ccc3c2)c[nH]/c1=C(/C)CC)c1ccc(CN2CCN(CC(F)(F)F)CC2)cc1. The summed E-state index contributed by atoms with van der Waals surface area (Å²) in [5.41, 5.74) is 8.22. The monoisotopic (exact) mass is 546 g/mol. The quantitative estimate of drug-likeness (QED) is 0.285. The number of benzene rings is 2. The molecule has 5 rings (SSSR count). The molecule has 2 aromatic heterocycles. The van der Waals surface area contributed by atoms with Crippen LogP contribution in [0.4, 0.5) is 13.2 Å². The second kappa shape index (κ2) is 11.9. The van der Waals surface area contributed by atoms with E-state index in [9.17, 15) is 13.2 Å². The Bertz CT molecular complexity index is 1600. The third-order valence-corrected chi connectivity index (χ3v) is 7.91. The van der Waals surface area contributed by atoms with Crippen molar-refractivity contribution in [2.75, 3.05) is 32.7 Å². The van der Waals surface area contributed by atoms with Gasteiger partial charge in [-0.3, -0.25) is 9.80 Å². The first kappa shape index (κ1) is 28.0. The Morgan fingerprint density at radius 2 is 1.68 bits per heavy atom. The molecule has 40 heavy (non-hydrogen) atoms. The van der Waals surface area contributed by atoms with Crippen LogP contribution in [0.2, 0.25) is 0 Å². The van der Waals surface area contributed by atoms with Crippen LogP contribution >= 0.6 is 0 Å². The van der Waals surface area contributed by atoms with Crippen molar-refractivity contribution in [1.29, 1.82) is 0 Å². The van der Waals surface area contributed by atoms with Gasteiger partial charge in [-0.15, -0.1) is 0 Å². The van der Waals surface area contributed by atoms with Crippen molar-refractivity contribution in [3.63, 3.8) is 0 Å². The molecule has 210 valence electrons. The summed E-state index contributed by atoms with van der Waals surface area (Å²) in [5.74, 6) is 0. The Kier molecular flexibility index (Phi) is 8.33. The molecule has 4 aromatic rings. The van der Waals surface area contributed by atoms with E-state index < -0.39 is 12.7 Å². The molecule has 4 nitrogen and oxygen atoms in total. The minimum absolute atomic E-state index is 0.446. The zero-order chi connectivity index (χ0) is 28.3. The highest BCUT2D eigenvalue weighted by Gasteiger charge is 2.32. The topological polar surface area (TPSA) is 38.1 Å². The van der Waals surface area contributed by atoms with Crippen LogP contribution in [0.5, 0.6) is 0 Å². The minimum atomic E-state index is -4.13. The lowest BCUT2D eigenvalue weighted by Gasteiger charge is -2.35. The standard InChI is InChI=1S/C33H37F3N4/c1-4-23(3)32-29(30(20-38-32)27-10-11-31-28(18-27)12-13-37-31)19-25(5-2)26-8-6-24(7-9-26)21-39-14-16-40(17-15-39)22-33(34,35)36/h5-13,18-20,37-38H,4,14-17,21-22H2,1-3H3/b25-5+,29-19-,32-23-. The van der Waals surface area contributed by atoms with Crippen molar-refractivity contribution < 1.29 is 13.2 Å². The Labute approximate surface area is 233 Å². The number of nitrogens with zero attached hydrogens (tertiary/aromatic N) is 2. The summed E-state index contributed by atoms with van der Waals surface area (Å²) in [6, 6.07) is 17.2. The van der Waals surface area contributed by atoms with Crippen molar-refractivity contribution >= 4 is 28.1 Å². The number of piperazine rings is 1. The van der Waals surface area contributed by atoms with Crippen LogP contribution in [-0.4, -0.2) is 58.7 Å². The third-order valence-electron chi connectivity index (χ3n) is 7.91. The van der Waals surface area contributed by atoms with Gasteiger partial charge in [0, 0.05) is 66.8 Å². The lowest BCUT2D eigenvalue weighted by molar-refractivity contribution is -0.149. The van der Waals surface area contributed by atoms with Gasteiger partial charge in [0.25, 0.3) is 0 Å². The van der Waals surface area contributed by atoms with Gasteiger partial charge in [0.15, 0.2) is 0 Å². The molecule has 0 spiro atoms. The minimum Gasteiger partial charge on any atom is -0.361 e. The number of allylic oxidation sites excluding steroid dienone is 2. The summed E-state index contributed by atoms with van der Waals surface area (Å²) in [5, 5.41) is 3.53. The first-order valence-corrected chi connectivity index (χ1v) is 14.0. The predicted octanol–water partition coefficient (Wildman–Crippen LogP) is 6.31. The van der Waals surface area contributed by atoms with Gasteiger partial charge in [0.1, 0.15) is 0 Å². The predicted molar refractivity (Wildman–Crippen MR) is 159 cm³/mol. The second-order valence-corrected chi connectivity index (χ2v) is 10.7. The Hall–Kier alpha value is -3.55. The first-order chi connectivity index (χ1) is 19.2. The van der Waals surface area contributed by atoms with Crippen molar-refractivity contribution in [3.05, 3.63) is 88.7 Å². The van der Waals surface area contributed by atoms with Crippen LogP contribution in [0.3, 0.4) is 0 Å². The summed E-state index contributed by atoms with van der Waals surface area (Å²) in [4.78, 5) is 10.5. The van der Waals surface area contributed by atoms with Gasteiger partial charge in [-0.25, -0.2) is 0 Å². The first-order valence-electron chi connectivity index (χ1n) is 14.0. The number of alkyl halides is 3. The molecule has 1 aliphatic heterocycles. The highest BCUT2D eigenvalue weighted by atomic mass is 19.4. The van der Waals surface area contributed by atoms with Crippen LogP contribution in [0.15, 0.2) is 67.0 Å². The lowest BCUT2D eigenvalue weighted by Crippen LogP contribution is -2.48. The average Bonchev–Trinajstić information content (AvgIpc) is 3.58. The van der Waals surface area contributed by atoms with E-state index in [2.05, 4.69) is 103 Å².